The number of aldehydes is 1. The van der Waals surface area contributed by atoms with Crippen LogP contribution >= 0.6 is 0 Å². The second-order valence-corrected chi connectivity index (χ2v) is 1.72. The van der Waals surface area contributed by atoms with E-state index in [0.29, 0.717) is 6.29 Å². The van der Waals surface area contributed by atoms with Crippen molar-refractivity contribution in [2.45, 2.75) is 0 Å². The van der Waals surface area contributed by atoms with Crippen LogP contribution < -0.4 is 0 Å². The molecular weight excluding hydrogens is 108 g/mol. The van der Waals surface area contributed by atoms with Gasteiger partial charge in [0.1, 0.15) is 12.9 Å². The molecule has 1 aliphatic rings. The third-order valence-corrected chi connectivity index (χ3v) is 1.12. The van der Waals surface area contributed by atoms with Crippen LogP contribution in [0.3, 0.4) is 0 Å². The van der Waals surface area contributed by atoms with Crippen molar-refractivity contribution < 1.29 is 14.3 Å². The first-order valence-electron chi connectivity index (χ1n) is 2.40. The first kappa shape index (κ1) is 5.44. The normalized spacial score (nSPS) is 28.5. The monoisotopic (exact) mass is 114 g/mol. The molecule has 0 spiro atoms. The first-order chi connectivity index (χ1) is 3.84. The van der Waals surface area contributed by atoms with Gasteiger partial charge in [-0.1, -0.05) is 0 Å². The van der Waals surface area contributed by atoms with Crippen LogP contribution in [-0.2, 0) is 14.3 Å². The zero-order chi connectivity index (χ0) is 5.98. The summed E-state index contributed by atoms with van der Waals surface area (Å²) in [5.74, 6) is -0.574. The van der Waals surface area contributed by atoms with Gasteiger partial charge < -0.3 is 9.53 Å². The molecule has 1 heterocycles. The number of rotatable bonds is 1. The summed E-state index contributed by atoms with van der Waals surface area (Å²) in [7, 11) is 0. The van der Waals surface area contributed by atoms with Crippen molar-refractivity contribution in [1.29, 1.82) is 0 Å². The molecule has 1 aliphatic heterocycles. The SMILES string of the molecule is O=CC1COCC1=O. The molecule has 8 heavy (non-hydrogen) atoms. The molecule has 3 nitrogen and oxygen atoms in total. The Balaban J connectivity index is 2.54. The summed E-state index contributed by atoms with van der Waals surface area (Å²) in [4.78, 5) is 20.4. The van der Waals surface area contributed by atoms with Crippen molar-refractivity contribution in [2.24, 2.45) is 5.92 Å². The van der Waals surface area contributed by atoms with E-state index in [1.54, 1.807) is 0 Å². The maximum atomic E-state index is 10.4. The number of ether oxygens (including phenoxy) is 1. The number of ketones is 1. The lowest BCUT2D eigenvalue weighted by atomic mass is 10.1. The minimum atomic E-state index is -0.477. The lowest BCUT2D eigenvalue weighted by Crippen LogP contribution is -2.11. The molecule has 0 aromatic carbocycles. The highest BCUT2D eigenvalue weighted by atomic mass is 16.5. The Labute approximate surface area is 46.6 Å². The minimum absolute atomic E-state index is 0.0972. The Morgan fingerprint density at radius 3 is 2.75 bits per heavy atom. The number of hydrogen-bond donors (Lipinski definition) is 0. The number of hydrogen-bond acceptors (Lipinski definition) is 3. The van der Waals surface area contributed by atoms with Gasteiger partial charge in [-0.3, -0.25) is 4.79 Å². The van der Waals surface area contributed by atoms with Crippen molar-refractivity contribution in [3.05, 3.63) is 0 Å². The molecule has 1 saturated heterocycles. The predicted octanol–water partition coefficient (Wildman–Crippen LogP) is -0.599. The second-order valence-electron chi connectivity index (χ2n) is 1.72. The molecule has 0 amide bonds. The molecule has 0 aromatic rings. The van der Waals surface area contributed by atoms with Crippen LogP contribution in [0.15, 0.2) is 0 Å². The average Bonchev–Trinajstić information content (AvgIpc) is 2.14. The zero-order valence-electron chi connectivity index (χ0n) is 4.29. The van der Waals surface area contributed by atoms with Gasteiger partial charge in [0.25, 0.3) is 0 Å². The van der Waals surface area contributed by atoms with E-state index in [1.165, 1.54) is 0 Å². The van der Waals surface area contributed by atoms with Crippen LogP contribution in [0.2, 0.25) is 0 Å². The summed E-state index contributed by atoms with van der Waals surface area (Å²) in [6.45, 7) is 0.395. The Morgan fingerprint density at radius 1 is 1.75 bits per heavy atom. The highest BCUT2D eigenvalue weighted by Gasteiger charge is 2.23. The zero-order valence-corrected chi connectivity index (χ0v) is 4.29. The van der Waals surface area contributed by atoms with Gasteiger partial charge in [-0.2, -0.15) is 0 Å². The molecular formula is C5H6O3. The molecule has 0 bridgehead atoms. The predicted molar refractivity (Wildman–Crippen MR) is 25.4 cm³/mol. The fraction of sp³-hybridized carbons (Fsp3) is 0.600. The van der Waals surface area contributed by atoms with Crippen molar-refractivity contribution in [3.63, 3.8) is 0 Å². The van der Waals surface area contributed by atoms with E-state index in [9.17, 15) is 9.59 Å². The lowest BCUT2D eigenvalue weighted by Gasteiger charge is -1.87. The van der Waals surface area contributed by atoms with Gasteiger partial charge >= 0.3 is 0 Å². The van der Waals surface area contributed by atoms with Gasteiger partial charge in [-0.05, 0) is 0 Å². The molecule has 1 atom stereocenters. The highest BCUT2D eigenvalue weighted by molar-refractivity contribution is 5.95. The molecule has 3 heteroatoms. The quantitative estimate of drug-likeness (QED) is 0.337. The fourth-order valence-electron chi connectivity index (χ4n) is 0.602. The smallest absolute Gasteiger partial charge is 0.170 e. The summed E-state index contributed by atoms with van der Waals surface area (Å²) < 4.78 is 4.68. The van der Waals surface area contributed by atoms with E-state index >= 15 is 0 Å². The van der Waals surface area contributed by atoms with Gasteiger partial charge in [-0.15, -0.1) is 0 Å². The summed E-state index contributed by atoms with van der Waals surface area (Å²) in [5, 5.41) is 0. The maximum Gasteiger partial charge on any atom is 0.170 e. The molecule has 1 rings (SSSR count). The molecule has 1 fully saturated rings. The van der Waals surface area contributed by atoms with Crippen LogP contribution in [0.25, 0.3) is 0 Å². The number of carbonyl (C=O) groups is 2. The van der Waals surface area contributed by atoms with Crippen LogP contribution in [0, 0.1) is 5.92 Å². The van der Waals surface area contributed by atoms with Crippen molar-refractivity contribution in [3.8, 4) is 0 Å². The standard InChI is InChI=1S/C5H6O3/c6-1-4-2-8-3-5(4)7/h1,4H,2-3H2. The van der Waals surface area contributed by atoms with E-state index in [0.717, 1.165) is 0 Å². The highest BCUT2D eigenvalue weighted by Crippen LogP contribution is 2.03. The maximum absolute atomic E-state index is 10.4. The third-order valence-electron chi connectivity index (χ3n) is 1.12. The molecule has 1 unspecified atom stereocenters. The van der Waals surface area contributed by atoms with E-state index < -0.39 is 5.92 Å². The number of carbonyl (C=O) groups excluding carboxylic acids is 2. The Hall–Kier alpha value is -0.700. The summed E-state index contributed by atoms with van der Waals surface area (Å²) >= 11 is 0. The fourth-order valence-corrected chi connectivity index (χ4v) is 0.602. The largest absolute Gasteiger partial charge is 0.372 e. The topological polar surface area (TPSA) is 43.4 Å². The molecule has 0 saturated carbocycles. The lowest BCUT2D eigenvalue weighted by molar-refractivity contribution is -0.124. The Morgan fingerprint density at radius 2 is 2.50 bits per heavy atom. The summed E-state index contributed by atoms with van der Waals surface area (Å²) in [6.07, 6.45) is 0.634. The van der Waals surface area contributed by atoms with Gasteiger partial charge in [-0.25, -0.2) is 0 Å². The van der Waals surface area contributed by atoms with Crippen LogP contribution in [0.1, 0.15) is 0 Å². The Bertz CT molecular complexity index is 119. The van der Waals surface area contributed by atoms with Crippen LogP contribution in [0.4, 0.5) is 0 Å². The van der Waals surface area contributed by atoms with Crippen molar-refractivity contribution >= 4 is 12.1 Å². The molecule has 0 aromatic heterocycles. The van der Waals surface area contributed by atoms with Crippen LogP contribution in [-0.4, -0.2) is 25.3 Å². The van der Waals surface area contributed by atoms with Gasteiger partial charge in [0, 0.05) is 0 Å². The second kappa shape index (κ2) is 2.05. The number of Topliss-reactive ketones (excluding diaryl/α,β-unsaturated/α-hetero) is 1. The van der Waals surface area contributed by atoms with Crippen molar-refractivity contribution in [2.75, 3.05) is 13.2 Å². The molecule has 44 valence electrons. The summed E-state index contributed by atoms with van der Waals surface area (Å²) in [5.41, 5.74) is 0. The minimum Gasteiger partial charge on any atom is -0.372 e. The third kappa shape index (κ3) is 0.767. The van der Waals surface area contributed by atoms with E-state index in [4.69, 9.17) is 0 Å². The molecule has 0 N–H and O–H groups in total. The van der Waals surface area contributed by atoms with E-state index in [1.807, 2.05) is 0 Å². The van der Waals surface area contributed by atoms with E-state index in [-0.39, 0.29) is 19.0 Å². The molecule has 0 aliphatic carbocycles. The van der Waals surface area contributed by atoms with Gasteiger partial charge in [0.2, 0.25) is 0 Å². The molecule has 0 radical (unpaired) electrons. The van der Waals surface area contributed by atoms with Crippen LogP contribution in [0.5, 0.6) is 0 Å². The Kier molecular flexibility index (Phi) is 1.39. The summed E-state index contributed by atoms with van der Waals surface area (Å²) in [6, 6.07) is 0. The van der Waals surface area contributed by atoms with Gasteiger partial charge in [0.15, 0.2) is 5.78 Å². The van der Waals surface area contributed by atoms with Crippen molar-refractivity contribution in [1.82, 2.24) is 0 Å². The van der Waals surface area contributed by atoms with Gasteiger partial charge in [0.05, 0.1) is 12.5 Å². The average molecular weight is 114 g/mol. The van der Waals surface area contributed by atoms with E-state index in [2.05, 4.69) is 4.74 Å². The first-order valence-corrected chi connectivity index (χ1v) is 2.40.